The Morgan fingerprint density at radius 1 is 1.29 bits per heavy atom. The number of ether oxygens (including phenoxy) is 1. The molecule has 0 saturated heterocycles. The number of hydrogen-bond acceptors (Lipinski definition) is 7. The molecule has 4 rings (SSSR count). The molecule has 8 nitrogen and oxygen atoms in total. The van der Waals surface area contributed by atoms with Crippen molar-refractivity contribution in [2.24, 2.45) is 0 Å². The molecule has 1 atom stereocenters. The van der Waals surface area contributed by atoms with Gasteiger partial charge < -0.3 is 4.74 Å². The lowest BCUT2D eigenvalue weighted by Crippen LogP contribution is -2.21. The lowest BCUT2D eigenvalue weighted by atomic mass is 10.1. The summed E-state index contributed by atoms with van der Waals surface area (Å²) >= 11 is 1.70. The summed E-state index contributed by atoms with van der Waals surface area (Å²) in [5.41, 5.74) is 2.64. The quantitative estimate of drug-likeness (QED) is 0.366. The van der Waals surface area contributed by atoms with E-state index in [0.717, 1.165) is 41.1 Å². The fraction of sp³-hybridized carbons (Fsp3) is 0.320. The maximum absolute atomic E-state index is 11.1. The van der Waals surface area contributed by atoms with Crippen LogP contribution >= 0.6 is 11.8 Å². The molecule has 2 aromatic heterocycles. The van der Waals surface area contributed by atoms with Gasteiger partial charge >= 0.3 is 0 Å². The molecule has 0 saturated carbocycles. The molecule has 1 aliphatic rings. The van der Waals surface area contributed by atoms with Crippen LogP contribution < -0.4 is 9.46 Å². The van der Waals surface area contributed by atoms with Crippen LogP contribution in [0.15, 0.2) is 60.0 Å². The Morgan fingerprint density at radius 3 is 2.89 bits per heavy atom. The van der Waals surface area contributed by atoms with E-state index in [4.69, 9.17) is 4.74 Å². The molecule has 1 unspecified atom stereocenters. The Balaban J connectivity index is 1.48. The molecule has 1 N–H and O–H groups in total. The lowest BCUT2D eigenvalue weighted by molar-refractivity contribution is 0.292. The summed E-state index contributed by atoms with van der Waals surface area (Å²) in [6, 6.07) is 9.48. The maximum atomic E-state index is 11.1. The zero-order valence-corrected chi connectivity index (χ0v) is 21.3. The zero-order valence-electron chi connectivity index (χ0n) is 19.6. The second-order valence-corrected chi connectivity index (χ2v) is 11.2. The van der Waals surface area contributed by atoms with Crippen molar-refractivity contribution >= 4 is 21.8 Å². The number of thioether (sulfide) groups is 1. The molecule has 0 spiro atoms. The van der Waals surface area contributed by atoms with Gasteiger partial charge in [0.15, 0.2) is 11.0 Å². The molecular weight excluding hydrogens is 482 g/mol. The number of hydrogen-bond donors (Lipinski definition) is 1. The summed E-state index contributed by atoms with van der Waals surface area (Å²) in [4.78, 5) is 4.26. The van der Waals surface area contributed by atoms with Crippen molar-refractivity contribution in [2.45, 2.75) is 43.2 Å². The van der Waals surface area contributed by atoms with Gasteiger partial charge in [-0.1, -0.05) is 35.8 Å². The van der Waals surface area contributed by atoms with Crippen LogP contribution in [0, 0.1) is 18.8 Å². The number of aromatic nitrogens is 4. The van der Waals surface area contributed by atoms with Crippen LogP contribution in [-0.2, 0) is 16.6 Å². The molecule has 35 heavy (non-hydrogen) atoms. The minimum atomic E-state index is -3.25. The van der Waals surface area contributed by atoms with Gasteiger partial charge in [0.1, 0.15) is 12.4 Å². The Kier molecular flexibility index (Phi) is 8.23. The number of rotatable bonds is 8. The Morgan fingerprint density at radius 2 is 2.17 bits per heavy atom. The summed E-state index contributed by atoms with van der Waals surface area (Å²) in [5, 5.41) is 10.1. The highest BCUT2D eigenvalue weighted by molar-refractivity contribution is 7.99. The highest BCUT2D eigenvalue weighted by Crippen LogP contribution is 2.31. The normalized spacial score (nSPS) is 15.4. The fourth-order valence-corrected chi connectivity index (χ4v) is 5.03. The van der Waals surface area contributed by atoms with E-state index in [2.05, 4.69) is 43.9 Å². The van der Waals surface area contributed by atoms with E-state index >= 15 is 0 Å². The Hall–Kier alpha value is -3.13. The van der Waals surface area contributed by atoms with E-state index in [-0.39, 0.29) is 13.2 Å². The lowest BCUT2D eigenvalue weighted by Gasteiger charge is -2.16. The molecule has 1 aliphatic carbocycles. The van der Waals surface area contributed by atoms with Crippen LogP contribution in [0.4, 0.5) is 0 Å². The van der Waals surface area contributed by atoms with Gasteiger partial charge in [-0.05, 0) is 62.1 Å². The molecule has 0 bridgehead atoms. The van der Waals surface area contributed by atoms with Gasteiger partial charge in [-0.25, -0.2) is 13.1 Å². The molecule has 0 amide bonds. The molecule has 182 valence electrons. The van der Waals surface area contributed by atoms with Gasteiger partial charge in [-0.3, -0.25) is 9.55 Å². The Labute approximate surface area is 210 Å². The van der Waals surface area contributed by atoms with Crippen molar-refractivity contribution in [1.82, 2.24) is 24.5 Å². The van der Waals surface area contributed by atoms with Crippen LogP contribution in [0.2, 0.25) is 0 Å². The standard InChI is InChI=1S/C25H27N5O3S2/c1-19-16-22(13-12-20(19)8-6-15-27-35(2,31)32)33-18-24-28-29-25(34-23-10-4-3-5-11-23)30(24)21-9-7-14-26-17-21/h4,7,9-10,12-14,16-17,23,27H,3,5,11,15,18H2,1-2H3. The number of allylic oxidation sites excluding steroid dienone is 1. The number of sulfonamides is 1. The fourth-order valence-electron chi connectivity index (χ4n) is 3.55. The molecular formula is C25H27N5O3S2. The first-order chi connectivity index (χ1) is 16.9. The summed E-state index contributed by atoms with van der Waals surface area (Å²) in [6.07, 6.45) is 12.5. The van der Waals surface area contributed by atoms with Crippen LogP contribution in [0.25, 0.3) is 5.69 Å². The van der Waals surface area contributed by atoms with E-state index in [0.29, 0.717) is 16.8 Å². The SMILES string of the molecule is Cc1cc(OCc2nnc(SC3C=CCCC3)n2-c2cccnc2)ccc1C#CCNS(C)(=O)=O. The van der Waals surface area contributed by atoms with Crippen molar-refractivity contribution in [2.75, 3.05) is 12.8 Å². The van der Waals surface area contributed by atoms with Crippen LogP contribution in [-0.4, -0.2) is 46.2 Å². The van der Waals surface area contributed by atoms with Crippen LogP contribution in [0.1, 0.15) is 36.2 Å². The third kappa shape index (κ3) is 7.18. The minimum absolute atomic E-state index is 0.0670. The largest absolute Gasteiger partial charge is 0.486 e. The van der Waals surface area contributed by atoms with E-state index in [9.17, 15) is 8.42 Å². The van der Waals surface area contributed by atoms with Crippen LogP contribution in [0.5, 0.6) is 5.75 Å². The summed E-state index contributed by atoms with van der Waals surface area (Å²) in [6.45, 7) is 2.24. The van der Waals surface area contributed by atoms with Crippen LogP contribution in [0.3, 0.4) is 0 Å². The highest BCUT2D eigenvalue weighted by Gasteiger charge is 2.19. The van der Waals surface area contributed by atoms with Crippen molar-refractivity contribution < 1.29 is 13.2 Å². The summed E-state index contributed by atoms with van der Waals surface area (Å²) in [7, 11) is -3.25. The highest BCUT2D eigenvalue weighted by atomic mass is 32.2. The van der Waals surface area contributed by atoms with Crippen molar-refractivity contribution in [3.63, 3.8) is 0 Å². The van der Waals surface area contributed by atoms with E-state index in [1.165, 1.54) is 6.42 Å². The molecule has 1 aromatic carbocycles. The van der Waals surface area contributed by atoms with Gasteiger partial charge in [-0.15, -0.1) is 10.2 Å². The predicted molar refractivity (Wildman–Crippen MR) is 137 cm³/mol. The van der Waals surface area contributed by atoms with E-state index < -0.39 is 10.0 Å². The number of benzene rings is 1. The minimum Gasteiger partial charge on any atom is -0.486 e. The van der Waals surface area contributed by atoms with Gasteiger partial charge in [0.2, 0.25) is 10.0 Å². The number of aryl methyl sites for hydroxylation is 1. The number of nitrogens with zero attached hydrogens (tertiary/aromatic N) is 4. The van der Waals surface area contributed by atoms with E-state index in [1.807, 2.05) is 41.8 Å². The second kappa shape index (κ2) is 11.5. The van der Waals surface area contributed by atoms with Crippen molar-refractivity contribution in [3.05, 3.63) is 71.8 Å². The first kappa shape index (κ1) is 25.0. The third-order valence-electron chi connectivity index (χ3n) is 5.28. The molecule has 0 aliphatic heterocycles. The molecule has 3 aromatic rings. The molecule has 2 heterocycles. The number of pyridine rings is 1. The maximum Gasteiger partial charge on any atom is 0.209 e. The van der Waals surface area contributed by atoms with E-state index in [1.54, 1.807) is 24.2 Å². The number of nitrogens with one attached hydrogen (secondary N) is 1. The summed E-state index contributed by atoms with van der Waals surface area (Å²) < 4.78 is 32.7. The first-order valence-electron chi connectivity index (χ1n) is 11.2. The average Bonchev–Trinajstić information content (AvgIpc) is 3.24. The second-order valence-electron chi connectivity index (χ2n) is 8.12. The van der Waals surface area contributed by atoms with Gasteiger partial charge in [0, 0.05) is 17.0 Å². The topological polar surface area (TPSA) is 99.0 Å². The van der Waals surface area contributed by atoms with Crippen molar-refractivity contribution in [1.29, 1.82) is 0 Å². The monoisotopic (exact) mass is 509 g/mol. The summed E-state index contributed by atoms with van der Waals surface area (Å²) in [5.74, 6) is 7.18. The van der Waals surface area contributed by atoms with Gasteiger partial charge in [-0.2, -0.15) is 0 Å². The van der Waals surface area contributed by atoms with Crippen molar-refractivity contribution in [3.8, 4) is 23.3 Å². The first-order valence-corrected chi connectivity index (χ1v) is 14.0. The molecule has 10 heteroatoms. The third-order valence-corrected chi connectivity index (χ3v) is 7.12. The molecule has 0 fully saturated rings. The van der Waals surface area contributed by atoms with Gasteiger partial charge in [0.05, 0.1) is 24.7 Å². The van der Waals surface area contributed by atoms with Gasteiger partial charge in [0.25, 0.3) is 0 Å². The zero-order chi connectivity index (χ0) is 24.7. The Bertz CT molecular complexity index is 1360. The average molecular weight is 510 g/mol. The smallest absolute Gasteiger partial charge is 0.209 e. The predicted octanol–water partition coefficient (Wildman–Crippen LogP) is 3.65. The molecule has 0 radical (unpaired) electrons.